The lowest BCUT2D eigenvalue weighted by atomic mass is 10.3. The summed E-state index contributed by atoms with van der Waals surface area (Å²) in [6, 6.07) is 3.27. The molecule has 2 rings (SSSR count). The van der Waals surface area contributed by atoms with Crippen LogP contribution in [-0.2, 0) is 6.54 Å². The molecule has 5 nitrogen and oxygen atoms in total. The highest BCUT2D eigenvalue weighted by Gasteiger charge is 2.05. The molecule has 0 aliphatic heterocycles. The van der Waals surface area contributed by atoms with E-state index in [1.807, 2.05) is 6.92 Å². The smallest absolute Gasteiger partial charge is 0.252 e. The summed E-state index contributed by atoms with van der Waals surface area (Å²) < 4.78 is 3.21. The molecular formula is C13H13N3O2. The van der Waals surface area contributed by atoms with Crippen LogP contribution in [0.25, 0.3) is 5.69 Å². The van der Waals surface area contributed by atoms with E-state index >= 15 is 0 Å². The second-order valence-electron chi connectivity index (χ2n) is 3.83. The van der Waals surface area contributed by atoms with E-state index in [0.29, 0.717) is 11.4 Å². The molecule has 0 aliphatic rings. The minimum absolute atomic E-state index is 0.0649. The van der Waals surface area contributed by atoms with Gasteiger partial charge in [-0.3, -0.25) is 4.79 Å². The van der Waals surface area contributed by atoms with Gasteiger partial charge in [0, 0.05) is 25.0 Å². The normalized spacial score (nSPS) is 10.3. The van der Waals surface area contributed by atoms with E-state index in [4.69, 9.17) is 11.5 Å². The van der Waals surface area contributed by atoms with Crippen molar-refractivity contribution < 1.29 is 5.11 Å². The largest absolute Gasteiger partial charge is 0.395 e. The molecule has 5 heteroatoms. The molecule has 2 aromatic rings. The number of nitrogens with zero attached hydrogens (tertiary/aromatic N) is 3. The predicted molar refractivity (Wildman–Crippen MR) is 67.6 cm³/mol. The zero-order valence-corrected chi connectivity index (χ0v) is 10.00. The Bertz CT molecular complexity index is 662. The first kappa shape index (κ1) is 12.1. The summed E-state index contributed by atoms with van der Waals surface area (Å²) in [7, 11) is 0. The van der Waals surface area contributed by atoms with Crippen molar-refractivity contribution in [2.75, 3.05) is 6.61 Å². The average molecular weight is 243 g/mol. The van der Waals surface area contributed by atoms with Gasteiger partial charge < -0.3 is 14.2 Å². The minimum Gasteiger partial charge on any atom is -0.395 e. The van der Waals surface area contributed by atoms with Crippen LogP contribution in [0.2, 0.25) is 0 Å². The Morgan fingerprint density at radius 3 is 2.89 bits per heavy atom. The quantitative estimate of drug-likeness (QED) is 0.790. The zero-order chi connectivity index (χ0) is 13.1. The van der Waals surface area contributed by atoms with Crippen LogP contribution in [-0.4, -0.2) is 25.8 Å². The third kappa shape index (κ3) is 2.19. The Hall–Kier alpha value is -2.32. The molecule has 18 heavy (non-hydrogen) atoms. The SMILES string of the molecule is C#Cc1cn(-c2ccn(CCO)c(=O)c2)c(C)n1. The number of aromatic nitrogens is 3. The highest BCUT2D eigenvalue weighted by atomic mass is 16.3. The maximum absolute atomic E-state index is 11.8. The maximum atomic E-state index is 11.8. The van der Waals surface area contributed by atoms with Crippen LogP contribution < -0.4 is 5.56 Å². The van der Waals surface area contributed by atoms with E-state index in [0.717, 1.165) is 5.82 Å². The first-order valence-corrected chi connectivity index (χ1v) is 5.50. The standard InChI is InChI=1S/C13H13N3O2/c1-3-11-9-16(10(2)14-11)12-4-5-15(6-7-17)13(18)8-12/h1,4-5,8-9,17H,6-7H2,2H3. The van der Waals surface area contributed by atoms with Crippen LogP contribution in [0.5, 0.6) is 0 Å². The van der Waals surface area contributed by atoms with Crippen molar-refractivity contribution >= 4 is 0 Å². The fourth-order valence-corrected chi connectivity index (χ4v) is 1.74. The van der Waals surface area contributed by atoms with Crippen molar-refractivity contribution in [3.63, 3.8) is 0 Å². The molecule has 0 aromatic carbocycles. The highest BCUT2D eigenvalue weighted by Crippen LogP contribution is 2.09. The van der Waals surface area contributed by atoms with Gasteiger partial charge in [-0.05, 0) is 18.9 Å². The van der Waals surface area contributed by atoms with Gasteiger partial charge >= 0.3 is 0 Å². The van der Waals surface area contributed by atoms with E-state index in [1.54, 1.807) is 23.0 Å². The number of rotatable bonds is 3. The fourth-order valence-electron chi connectivity index (χ4n) is 1.74. The molecule has 0 radical (unpaired) electrons. The fraction of sp³-hybridized carbons (Fsp3) is 0.231. The van der Waals surface area contributed by atoms with Crippen molar-refractivity contribution in [3.05, 3.63) is 46.4 Å². The van der Waals surface area contributed by atoms with E-state index in [9.17, 15) is 4.79 Å². The Morgan fingerprint density at radius 2 is 2.33 bits per heavy atom. The van der Waals surface area contributed by atoms with Gasteiger partial charge in [-0.25, -0.2) is 4.98 Å². The number of aliphatic hydroxyl groups excluding tert-OH is 1. The number of hydrogen-bond donors (Lipinski definition) is 1. The molecule has 0 fully saturated rings. The van der Waals surface area contributed by atoms with Crippen molar-refractivity contribution in [2.45, 2.75) is 13.5 Å². The molecule has 2 aromatic heterocycles. The molecule has 1 N–H and O–H groups in total. The number of pyridine rings is 1. The molecule has 0 saturated carbocycles. The minimum atomic E-state index is -0.170. The summed E-state index contributed by atoms with van der Waals surface area (Å²) in [4.78, 5) is 15.9. The van der Waals surface area contributed by atoms with Gasteiger partial charge in [-0.15, -0.1) is 6.42 Å². The molecule has 0 bridgehead atoms. The zero-order valence-electron chi connectivity index (χ0n) is 10.00. The molecule has 0 aliphatic carbocycles. The topological polar surface area (TPSA) is 60.0 Å². The first-order chi connectivity index (χ1) is 8.65. The third-order valence-electron chi connectivity index (χ3n) is 2.63. The van der Waals surface area contributed by atoms with Crippen LogP contribution in [0.15, 0.2) is 29.3 Å². The first-order valence-electron chi connectivity index (χ1n) is 5.50. The summed E-state index contributed by atoms with van der Waals surface area (Å²) in [5, 5.41) is 8.81. The second kappa shape index (κ2) is 4.90. The van der Waals surface area contributed by atoms with Crippen molar-refractivity contribution in [1.29, 1.82) is 0 Å². The number of terminal acetylenes is 1. The van der Waals surface area contributed by atoms with Crippen molar-refractivity contribution in [1.82, 2.24) is 14.1 Å². The molecule has 0 amide bonds. The Kier molecular flexibility index (Phi) is 3.31. The van der Waals surface area contributed by atoms with Crippen LogP contribution in [0.3, 0.4) is 0 Å². The molecule has 0 saturated heterocycles. The molecule has 0 atom stereocenters. The Morgan fingerprint density at radius 1 is 1.56 bits per heavy atom. The summed E-state index contributed by atoms with van der Waals surface area (Å²) in [6.45, 7) is 2.04. The Labute approximate surface area is 104 Å². The van der Waals surface area contributed by atoms with Gasteiger partial charge in [0.1, 0.15) is 11.5 Å². The number of hydrogen-bond acceptors (Lipinski definition) is 3. The van der Waals surface area contributed by atoms with Crippen LogP contribution in [0.1, 0.15) is 11.5 Å². The van der Waals surface area contributed by atoms with Crippen molar-refractivity contribution in [3.8, 4) is 18.0 Å². The molecule has 2 heterocycles. The van der Waals surface area contributed by atoms with Gasteiger partial charge in [-0.1, -0.05) is 0 Å². The van der Waals surface area contributed by atoms with E-state index in [1.165, 1.54) is 10.6 Å². The summed E-state index contributed by atoms with van der Waals surface area (Å²) in [6.07, 6.45) is 8.63. The van der Waals surface area contributed by atoms with E-state index < -0.39 is 0 Å². The molecule has 0 spiro atoms. The lowest BCUT2D eigenvalue weighted by molar-refractivity contribution is 0.274. The molecular weight excluding hydrogens is 230 g/mol. The lowest BCUT2D eigenvalue weighted by Crippen LogP contribution is -2.21. The summed E-state index contributed by atoms with van der Waals surface area (Å²) >= 11 is 0. The van der Waals surface area contributed by atoms with Gasteiger partial charge in [0.25, 0.3) is 5.56 Å². The molecule has 0 unspecified atom stereocenters. The average Bonchev–Trinajstić information content (AvgIpc) is 2.73. The van der Waals surface area contributed by atoms with Crippen LogP contribution in [0, 0.1) is 19.3 Å². The summed E-state index contributed by atoms with van der Waals surface area (Å²) in [5.41, 5.74) is 1.07. The van der Waals surface area contributed by atoms with Crippen LogP contribution >= 0.6 is 0 Å². The number of imidazole rings is 1. The van der Waals surface area contributed by atoms with Crippen LogP contribution in [0.4, 0.5) is 0 Å². The number of aryl methyl sites for hydroxylation is 1. The lowest BCUT2D eigenvalue weighted by Gasteiger charge is -2.07. The van der Waals surface area contributed by atoms with Gasteiger partial charge in [-0.2, -0.15) is 0 Å². The van der Waals surface area contributed by atoms with E-state index in [-0.39, 0.29) is 18.7 Å². The maximum Gasteiger partial charge on any atom is 0.252 e. The third-order valence-corrected chi connectivity index (χ3v) is 2.63. The highest BCUT2D eigenvalue weighted by molar-refractivity contribution is 5.35. The summed E-state index contributed by atoms with van der Waals surface area (Å²) in [5.74, 6) is 3.18. The predicted octanol–water partition coefficient (Wildman–Crippen LogP) is 0.316. The van der Waals surface area contributed by atoms with Gasteiger partial charge in [0.15, 0.2) is 0 Å². The Balaban J connectivity index is 2.46. The molecule has 92 valence electrons. The second-order valence-corrected chi connectivity index (χ2v) is 3.83. The monoisotopic (exact) mass is 243 g/mol. The van der Waals surface area contributed by atoms with Crippen molar-refractivity contribution in [2.24, 2.45) is 0 Å². The number of aliphatic hydroxyl groups is 1. The van der Waals surface area contributed by atoms with E-state index in [2.05, 4.69) is 10.9 Å². The van der Waals surface area contributed by atoms with Gasteiger partial charge in [0.2, 0.25) is 0 Å². The van der Waals surface area contributed by atoms with Gasteiger partial charge in [0.05, 0.1) is 12.3 Å².